The molecule has 2 atom stereocenters. The van der Waals surface area contributed by atoms with E-state index in [-0.39, 0.29) is 12.0 Å². The van der Waals surface area contributed by atoms with Gasteiger partial charge in [-0.25, -0.2) is 0 Å². The van der Waals surface area contributed by atoms with E-state index in [9.17, 15) is 0 Å². The first kappa shape index (κ1) is 13.2. The van der Waals surface area contributed by atoms with Crippen molar-refractivity contribution in [2.24, 2.45) is 5.92 Å². The SMILES string of the molecule is ClC(Cl)(Cl)CC1CCCOC1[C]1CCCO1. The van der Waals surface area contributed by atoms with Crippen molar-refractivity contribution in [3.05, 3.63) is 6.10 Å². The minimum Gasteiger partial charge on any atom is -0.375 e. The molecule has 2 saturated heterocycles. The molecule has 0 spiro atoms. The fourth-order valence-electron chi connectivity index (χ4n) is 2.45. The second-order valence-corrected chi connectivity index (χ2v) is 6.95. The summed E-state index contributed by atoms with van der Waals surface area (Å²) in [6, 6.07) is 0. The van der Waals surface area contributed by atoms with Gasteiger partial charge in [-0.3, -0.25) is 0 Å². The molecule has 0 aliphatic carbocycles. The van der Waals surface area contributed by atoms with Gasteiger partial charge < -0.3 is 9.47 Å². The maximum Gasteiger partial charge on any atom is 0.191 e. The second-order valence-electron chi connectivity index (χ2n) is 4.43. The van der Waals surface area contributed by atoms with E-state index in [0.717, 1.165) is 45.0 Å². The molecule has 2 unspecified atom stereocenters. The molecular formula is C11H16Cl3O2. The zero-order valence-corrected chi connectivity index (χ0v) is 11.3. The molecule has 16 heavy (non-hydrogen) atoms. The summed E-state index contributed by atoms with van der Waals surface area (Å²) in [4.78, 5) is 0. The third-order valence-corrected chi connectivity index (χ3v) is 3.57. The van der Waals surface area contributed by atoms with Crippen LogP contribution in [0.5, 0.6) is 0 Å². The van der Waals surface area contributed by atoms with Crippen LogP contribution >= 0.6 is 34.8 Å². The molecule has 0 aromatic heterocycles. The molecule has 2 nitrogen and oxygen atoms in total. The highest BCUT2D eigenvalue weighted by Crippen LogP contribution is 2.42. The van der Waals surface area contributed by atoms with E-state index in [1.165, 1.54) is 0 Å². The average Bonchev–Trinajstić information content (AvgIpc) is 2.69. The Balaban J connectivity index is 1.96. The van der Waals surface area contributed by atoms with Gasteiger partial charge in [0.1, 0.15) is 6.10 Å². The Labute approximate surface area is 112 Å². The monoisotopic (exact) mass is 285 g/mol. The Morgan fingerprint density at radius 3 is 2.62 bits per heavy atom. The summed E-state index contributed by atoms with van der Waals surface area (Å²) in [7, 11) is 0. The summed E-state index contributed by atoms with van der Waals surface area (Å²) in [6.07, 6.45) is 5.78. The van der Waals surface area contributed by atoms with E-state index in [1.54, 1.807) is 0 Å². The number of rotatable bonds is 2. The van der Waals surface area contributed by atoms with Crippen LogP contribution in [-0.2, 0) is 9.47 Å². The van der Waals surface area contributed by atoms with Crippen molar-refractivity contribution >= 4 is 34.8 Å². The molecule has 0 saturated carbocycles. The molecule has 1 radical (unpaired) electrons. The third-order valence-electron chi connectivity index (χ3n) is 3.11. The highest BCUT2D eigenvalue weighted by Gasteiger charge is 2.39. The lowest BCUT2D eigenvalue weighted by atomic mass is 9.87. The predicted molar refractivity (Wildman–Crippen MR) is 65.8 cm³/mol. The number of hydrogen-bond acceptors (Lipinski definition) is 2. The Morgan fingerprint density at radius 2 is 2.00 bits per heavy atom. The molecule has 0 aromatic rings. The van der Waals surface area contributed by atoms with Crippen molar-refractivity contribution in [2.45, 2.75) is 42.0 Å². The van der Waals surface area contributed by atoms with Crippen LogP contribution in [0.2, 0.25) is 0 Å². The maximum absolute atomic E-state index is 5.86. The van der Waals surface area contributed by atoms with Crippen molar-refractivity contribution in [3.8, 4) is 0 Å². The lowest BCUT2D eigenvalue weighted by Crippen LogP contribution is -2.36. The van der Waals surface area contributed by atoms with Gasteiger partial charge in [0.25, 0.3) is 0 Å². The van der Waals surface area contributed by atoms with Gasteiger partial charge in [0.2, 0.25) is 0 Å². The fraction of sp³-hybridized carbons (Fsp3) is 0.909. The Hall–Kier alpha value is 0.790. The van der Waals surface area contributed by atoms with Gasteiger partial charge in [-0.2, -0.15) is 0 Å². The molecule has 0 amide bonds. The van der Waals surface area contributed by atoms with Crippen molar-refractivity contribution in [1.29, 1.82) is 0 Å². The van der Waals surface area contributed by atoms with Crippen LogP contribution in [0.1, 0.15) is 32.1 Å². The van der Waals surface area contributed by atoms with Crippen LogP contribution < -0.4 is 0 Å². The highest BCUT2D eigenvalue weighted by atomic mass is 35.6. The van der Waals surface area contributed by atoms with Crippen molar-refractivity contribution in [1.82, 2.24) is 0 Å². The summed E-state index contributed by atoms with van der Waals surface area (Å²) in [5.41, 5.74) is 0. The van der Waals surface area contributed by atoms with E-state index >= 15 is 0 Å². The minimum absolute atomic E-state index is 0.0341. The molecule has 2 rings (SSSR count). The van der Waals surface area contributed by atoms with Crippen LogP contribution in [0.4, 0.5) is 0 Å². The Kier molecular flexibility index (Phi) is 4.65. The maximum atomic E-state index is 5.86. The van der Waals surface area contributed by atoms with Crippen molar-refractivity contribution in [2.75, 3.05) is 13.2 Å². The van der Waals surface area contributed by atoms with Gasteiger partial charge in [-0.1, -0.05) is 34.8 Å². The second kappa shape index (κ2) is 5.62. The molecule has 2 aliphatic heterocycles. The highest BCUT2D eigenvalue weighted by molar-refractivity contribution is 6.67. The first-order chi connectivity index (χ1) is 7.56. The minimum atomic E-state index is -1.19. The van der Waals surface area contributed by atoms with Gasteiger partial charge in [0, 0.05) is 13.2 Å². The summed E-state index contributed by atoms with van der Waals surface area (Å²) < 4.78 is 10.2. The van der Waals surface area contributed by atoms with Crippen molar-refractivity contribution in [3.63, 3.8) is 0 Å². The lowest BCUT2D eigenvalue weighted by molar-refractivity contribution is -0.0591. The van der Waals surface area contributed by atoms with Gasteiger partial charge in [0.15, 0.2) is 3.79 Å². The normalized spacial score (nSPS) is 33.2. The third kappa shape index (κ3) is 3.64. The molecule has 0 N–H and O–H groups in total. The first-order valence-electron chi connectivity index (χ1n) is 5.73. The summed E-state index contributed by atoms with van der Waals surface area (Å²) in [5, 5.41) is 0. The molecule has 93 valence electrons. The molecule has 5 heteroatoms. The van der Waals surface area contributed by atoms with Gasteiger partial charge >= 0.3 is 0 Å². The number of ether oxygens (including phenoxy) is 2. The fourth-order valence-corrected chi connectivity index (χ4v) is 3.05. The van der Waals surface area contributed by atoms with Crippen LogP contribution in [-0.4, -0.2) is 23.1 Å². The van der Waals surface area contributed by atoms with E-state index in [0.29, 0.717) is 6.42 Å². The van der Waals surface area contributed by atoms with Crippen molar-refractivity contribution < 1.29 is 9.47 Å². The van der Waals surface area contributed by atoms with E-state index in [1.807, 2.05) is 0 Å². The number of hydrogen-bond donors (Lipinski definition) is 0. The topological polar surface area (TPSA) is 18.5 Å². The van der Waals surface area contributed by atoms with Gasteiger partial charge in [-0.15, -0.1) is 0 Å². The quantitative estimate of drug-likeness (QED) is 0.717. The molecule has 2 aliphatic rings. The van der Waals surface area contributed by atoms with Crippen LogP contribution in [0.3, 0.4) is 0 Å². The zero-order valence-electron chi connectivity index (χ0n) is 9.05. The largest absolute Gasteiger partial charge is 0.375 e. The van der Waals surface area contributed by atoms with E-state index < -0.39 is 3.79 Å². The van der Waals surface area contributed by atoms with Crippen LogP contribution in [0.15, 0.2) is 0 Å². The lowest BCUT2D eigenvalue weighted by Gasteiger charge is -2.35. The number of halogens is 3. The summed E-state index contributed by atoms with van der Waals surface area (Å²) in [6.45, 7) is 1.59. The zero-order chi connectivity index (χ0) is 11.6. The predicted octanol–water partition coefficient (Wildman–Crippen LogP) is 3.88. The summed E-state index contributed by atoms with van der Waals surface area (Å²) >= 11 is 17.6. The standard InChI is InChI=1S/C11H16Cl3O2/c12-11(13,14)7-8-3-1-6-16-10(8)9-4-2-5-15-9/h8,10H,1-7H2. The van der Waals surface area contributed by atoms with Gasteiger partial charge in [-0.05, 0) is 38.0 Å². The number of alkyl halides is 3. The first-order valence-corrected chi connectivity index (χ1v) is 6.86. The molecular weight excluding hydrogens is 270 g/mol. The average molecular weight is 287 g/mol. The summed E-state index contributed by atoms with van der Waals surface area (Å²) in [5.74, 6) is 0.273. The van der Waals surface area contributed by atoms with Crippen LogP contribution in [0.25, 0.3) is 0 Å². The van der Waals surface area contributed by atoms with E-state index in [4.69, 9.17) is 44.3 Å². The van der Waals surface area contributed by atoms with Crippen LogP contribution in [0, 0.1) is 12.0 Å². The van der Waals surface area contributed by atoms with E-state index in [2.05, 4.69) is 0 Å². The molecule has 2 fully saturated rings. The molecule has 0 aromatic carbocycles. The smallest absolute Gasteiger partial charge is 0.191 e. The Bertz CT molecular complexity index is 224. The van der Waals surface area contributed by atoms with Gasteiger partial charge in [0.05, 0.1) is 6.10 Å². The molecule has 2 heterocycles. The molecule has 0 bridgehead atoms. The Morgan fingerprint density at radius 1 is 1.19 bits per heavy atom.